The van der Waals surface area contributed by atoms with Crippen LogP contribution >= 0.6 is 0 Å². The van der Waals surface area contributed by atoms with E-state index in [9.17, 15) is 0 Å². The second-order valence-corrected chi connectivity index (χ2v) is 35.4. The Morgan fingerprint density at radius 3 is 0.311 bits per heavy atom. The second-order valence-electron chi connectivity index (χ2n) is 35.4. The highest BCUT2D eigenvalue weighted by Gasteiger charge is 2.40. The van der Waals surface area contributed by atoms with E-state index in [4.69, 9.17) is 14.9 Å². The number of unbranched alkanes of at least 4 members (excludes halogenated alkanes) is 80. The zero-order valence-electron chi connectivity index (χ0n) is 72.8. The monoisotopic (exact) mass is 1450 g/mol. The number of rotatable bonds is 96. The summed E-state index contributed by atoms with van der Waals surface area (Å²) >= 11 is 0. The number of aliphatic hydroxyl groups is 2. The molecule has 103 heavy (non-hydrogen) atoms. The molecule has 0 aliphatic rings. The van der Waals surface area contributed by atoms with Gasteiger partial charge in [0.15, 0.2) is 0 Å². The van der Waals surface area contributed by atoms with Crippen molar-refractivity contribution >= 4 is 0 Å². The van der Waals surface area contributed by atoms with E-state index < -0.39 is 0 Å². The van der Waals surface area contributed by atoms with Crippen LogP contribution in [0, 0.1) is 0 Å². The van der Waals surface area contributed by atoms with Crippen molar-refractivity contribution in [3.05, 3.63) is 0 Å². The van der Waals surface area contributed by atoms with Gasteiger partial charge in [-0.2, -0.15) is 0 Å². The quantitative estimate of drug-likeness (QED) is 0.0597. The molecular formula is C100H202O3. The first-order chi connectivity index (χ1) is 51.1. The highest BCUT2D eigenvalue weighted by Crippen LogP contribution is 2.43. The summed E-state index contributed by atoms with van der Waals surface area (Å²) < 4.78 is 8.71. The van der Waals surface area contributed by atoms with Crippen molar-refractivity contribution in [3.63, 3.8) is 0 Å². The standard InChI is InChI=1S/C100H202O3/c1-5-9-13-17-21-25-29-33-45-53-61-69-77-85-93-99(91-83-75-67-59-51-43-31-27-23-19-15-11-7-3,95-87-79-71-63-55-47-39-35-37-41-49-57-65-73-81-89-97-101)103-100(92-84-76-68-60-52-44-32-28-24-20-16-12-8-4,94-86-78-70-62-54-46-34-30-26-22-18-14-10-6-2)96-88-80-72-64-56-48-40-36-38-42-50-58-66-74-82-90-98-102/h101-102H,5-98H2,1-4H3. The molecule has 0 fully saturated rings. The van der Waals surface area contributed by atoms with E-state index in [1.165, 1.54) is 578 Å². The highest BCUT2D eigenvalue weighted by atomic mass is 16.5. The lowest BCUT2D eigenvalue weighted by atomic mass is 9.80. The van der Waals surface area contributed by atoms with Gasteiger partial charge in [0.1, 0.15) is 0 Å². The van der Waals surface area contributed by atoms with Crippen LogP contribution < -0.4 is 0 Å². The Labute approximate surface area is 654 Å². The van der Waals surface area contributed by atoms with E-state index >= 15 is 0 Å². The van der Waals surface area contributed by atoms with Crippen LogP contribution in [0.25, 0.3) is 0 Å². The molecule has 2 atom stereocenters. The lowest BCUT2D eigenvalue weighted by Gasteiger charge is -2.46. The summed E-state index contributed by atoms with van der Waals surface area (Å²) in [5.41, 5.74) is 0.0857. The van der Waals surface area contributed by atoms with Crippen LogP contribution in [-0.2, 0) is 4.74 Å². The maximum Gasteiger partial charge on any atom is 0.0690 e. The van der Waals surface area contributed by atoms with Gasteiger partial charge < -0.3 is 14.9 Å². The van der Waals surface area contributed by atoms with Gasteiger partial charge in [-0.1, -0.05) is 567 Å². The van der Waals surface area contributed by atoms with Gasteiger partial charge >= 0.3 is 0 Å². The number of hydrogen-bond donors (Lipinski definition) is 2. The predicted octanol–water partition coefficient (Wildman–Crippen LogP) is 36.4. The summed E-state index contributed by atoms with van der Waals surface area (Å²) in [6, 6.07) is 0. The molecule has 0 bridgehead atoms. The van der Waals surface area contributed by atoms with E-state index in [0.29, 0.717) is 13.2 Å². The molecule has 620 valence electrons. The van der Waals surface area contributed by atoms with Gasteiger partial charge in [-0.15, -0.1) is 0 Å². The lowest BCUT2D eigenvalue weighted by Crippen LogP contribution is -2.45. The van der Waals surface area contributed by atoms with Gasteiger partial charge in [-0.25, -0.2) is 0 Å². The number of hydrogen-bond acceptors (Lipinski definition) is 3. The van der Waals surface area contributed by atoms with E-state index in [-0.39, 0.29) is 11.2 Å². The van der Waals surface area contributed by atoms with Gasteiger partial charge in [0.05, 0.1) is 11.2 Å². The predicted molar refractivity (Wildman–Crippen MR) is 468 cm³/mol. The zero-order chi connectivity index (χ0) is 74.2. The third kappa shape index (κ3) is 81.2. The molecule has 0 aromatic heterocycles. The Hall–Kier alpha value is -0.120. The summed E-state index contributed by atoms with van der Waals surface area (Å²) in [7, 11) is 0. The molecule has 0 aliphatic carbocycles. The number of ether oxygens (including phenoxy) is 1. The Morgan fingerprint density at radius 2 is 0.214 bits per heavy atom. The Morgan fingerprint density at radius 1 is 0.126 bits per heavy atom. The van der Waals surface area contributed by atoms with Crippen LogP contribution in [-0.4, -0.2) is 34.6 Å². The summed E-state index contributed by atoms with van der Waals surface area (Å²) in [6.07, 6.45) is 130. The average molecular weight is 1450 g/mol. The largest absolute Gasteiger partial charge is 0.396 e. The topological polar surface area (TPSA) is 49.7 Å². The van der Waals surface area contributed by atoms with Crippen LogP contribution in [0.4, 0.5) is 0 Å². The smallest absolute Gasteiger partial charge is 0.0690 e. The molecule has 0 aliphatic heterocycles. The van der Waals surface area contributed by atoms with Crippen molar-refractivity contribution in [1.82, 2.24) is 0 Å². The van der Waals surface area contributed by atoms with Crippen molar-refractivity contribution in [1.29, 1.82) is 0 Å². The minimum Gasteiger partial charge on any atom is -0.396 e. The van der Waals surface area contributed by atoms with Crippen LogP contribution in [0.1, 0.15) is 618 Å². The van der Waals surface area contributed by atoms with Crippen LogP contribution in [0.3, 0.4) is 0 Å². The number of aliphatic hydroxyl groups excluding tert-OH is 2. The molecule has 0 amide bonds. The molecule has 0 saturated carbocycles. The Balaban J connectivity index is 6.76. The van der Waals surface area contributed by atoms with E-state index in [1.807, 2.05) is 0 Å². The van der Waals surface area contributed by atoms with Crippen LogP contribution in [0.2, 0.25) is 0 Å². The van der Waals surface area contributed by atoms with E-state index in [1.54, 1.807) is 0 Å². The van der Waals surface area contributed by atoms with Gasteiger partial charge in [0.25, 0.3) is 0 Å². The Kier molecular flexibility index (Phi) is 90.7. The second kappa shape index (κ2) is 90.8. The first kappa shape index (κ1) is 103. The fraction of sp³-hybridized carbons (Fsp3) is 1.00. The molecule has 0 saturated heterocycles. The highest BCUT2D eigenvalue weighted by molar-refractivity contribution is 4.91. The average Bonchev–Trinajstić information content (AvgIpc) is 0.811. The fourth-order valence-electron chi connectivity index (χ4n) is 17.8. The molecule has 0 heterocycles. The lowest BCUT2D eigenvalue weighted by molar-refractivity contribution is -0.182. The van der Waals surface area contributed by atoms with E-state index in [0.717, 1.165) is 12.8 Å². The maximum absolute atomic E-state index is 9.14. The molecule has 0 radical (unpaired) electrons. The molecule has 0 spiro atoms. The normalized spacial score (nSPS) is 13.1. The summed E-state index contributed by atoms with van der Waals surface area (Å²) in [6.45, 7) is 10.1. The molecule has 0 aromatic rings. The van der Waals surface area contributed by atoms with Gasteiger partial charge in [-0.3, -0.25) is 0 Å². The van der Waals surface area contributed by atoms with Gasteiger partial charge in [0.2, 0.25) is 0 Å². The first-order valence-electron chi connectivity index (χ1n) is 50.0. The molecule has 3 heteroatoms. The van der Waals surface area contributed by atoms with Crippen molar-refractivity contribution in [2.75, 3.05) is 13.2 Å². The van der Waals surface area contributed by atoms with Gasteiger partial charge in [-0.05, 0) is 51.4 Å². The summed E-state index contributed by atoms with van der Waals surface area (Å²) in [4.78, 5) is 0. The zero-order valence-corrected chi connectivity index (χ0v) is 72.8. The van der Waals surface area contributed by atoms with Crippen molar-refractivity contribution in [3.8, 4) is 0 Å². The Bertz CT molecular complexity index is 1360. The van der Waals surface area contributed by atoms with Gasteiger partial charge in [0, 0.05) is 13.2 Å². The molecule has 0 aromatic carbocycles. The third-order valence-corrected chi connectivity index (χ3v) is 25.0. The molecule has 0 rings (SSSR count). The fourth-order valence-corrected chi connectivity index (χ4v) is 17.8. The summed E-state index contributed by atoms with van der Waals surface area (Å²) in [5, 5.41) is 18.3. The van der Waals surface area contributed by atoms with Crippen LogP contribution in [0.15, 0.2) is 0 Å². The minimum atomic E-state index is 0.0428. The molecule has 2 N–H and O–H groups in total. The van der Waals surface area contributed by atoms with Crippen molar-refractivity contribution in [2.45, 2.75) is 630 Å². The third-order valence-electron chi connectivity index (χ3n) is 25.0. The minimum absolute atomic E-state index is 0.0428. The van der Waals surface area contributed by atoms with E-state index in [2.05, 4.69) is 27.7 Å². The molecular weight excluding hydrogens is 1250 g/mol. The molecule has 2 unspecified atom stereocenters. The maximum atomic E-state index is 9.14. The van der Waals surface area contributed by atoms with Crippen LogP contribution in [0.5, 0.6) is 0 Å². The van der Waals surface area contributed by atoms with Crippen molar-refractivity contribution in [2.24, 2.45) is 0 Å². The summed E-state index contributed by atoms with van der Waals surface area (Å²) in [5.74, 6) is 0. The first-order valence-corrected chi connectivity index (χ1v) is 50.0. The SMILES string of the molecule is CCCCCCCCCCCCCCCCC(CCCCCCCCCCCCCCC)(CCCCCCCCCCCCCCCCCCO)OC(CCCCCCCCCCCCCCC)(CCCCCCCCCCCCCCCC)CCCCCCCCCCCCCCCCCCO. The van der Waals surface area contributed by atoms with Crippen molar-refractivity contribution < 1.29 is 14.9 Å². The molecule has 3 nitrogen and oxygen atoms in total.